The normalized spacial score (nSPS) is 13.6. The van der Waals surface area contributed by atoms with Crippen molar-refractivity contribution in [1.29, 1.82) is 0 Å². The highest BCUT2D eigenvalue weighted by Gasteiger charge is 2.12. The first-order chi connectivity index (χ1) is 8.31. The van der Waals surface area contributed by atoms with Gasteiger partial charge in [0.1, 0.15) is 9.84 Å². The maximum Gasteiger partial charge on any atom is 0.147 e. The molecule has 0 spiro atoms. The van der Waals surface area contributed by atoms with E-state index in [9.17, 15) is 8.42 Å². The zero-order valence-corrected chi connectivity index (χ0v) is 13.1. The Kier molecular flexibility index (Phi) is 6.07. The van der Waals surface area contributed by atoms with Crippen LogP contribution in [-0.2, 0) is 9.84 Å². The second-order valence-corrected chi connectivity index (χ2v) is 7.81. The Hall–Kier alpha value is -0.140. The van der Waals surface area contributed by atoms with Gasteiger partial charge in [0.25, 0.3) is 0 Å². The molecule has 0 heterocycles. The number of rotatable bonds is 6. The minimum absolute atomic E-state index is 0.109. The monoisotopic (exact) mass is 354 g/mol. The van der Waals surface area contributed by atoms with Crippen molar-refractivity contribution in [2.75, 3.05) is 12.0 Å². The molecule has 3 N–H and O–H groups in total. The SMILES string of the molecule is CS(=O)(=O)CCCC(NN)c1cc(Cl)cc(Br)c1. The van der Waals surface area contributed by atoms with E-state index in [1.54, 1.807) is 6.07 Å². The molecule has 1 aromatic rings. The number of sulfone groups is 1. The molecule has 18 heavy (non-hydrogen) atoms. The van der Waals surface area contributed by atoms with Gasteiger partial charge in [-0.2, -0.15) is 0 Å². The molecular formula is C11H16BrClN2O2S. The van der Waals surface area contributed by atoms with Crippen LogP contribution in [0.4, 0.5) is 0 Å². The largest absolute Gasteiger partial charge is 0.271 e. The van der Waals surface area contributed by atoms with Gasteiger partial charge in [-0.05, 0) is 36.6 Å². The van der Waals surface area contributed by atoms with E-state index in [0.717, 1.165) is 10.0 Å². The lowest BCUT2D eigenvalue weighted by Gasteiger charge is -2.16. The second-order valence-electron chi connectivity index (χ2n) is 4.19. The molecule has 0 bridgehead atoms. The van der Waals surface area contributed by atoms with Gasteiger partial charge in [0.2, 0.25) is 0 Å². The van der Waals surface area contributed by atoms with E-state index < -0.39 is 9.84 Å². The van der Waals surface area contributed by atoms with E-state index in [2.05, 4.69) is 21.4 Å². The molecule has 102 valence electrons. The molecule has 0 saturated carbocycles. The van der Waals surface area contributed by atoms with Crippen LogP contribution in [0.15, 0.2) is 22.7 Å². The first kappa shape index (κ1) is 15.9. The average molecular weight is 356 g/mol. The molecule has 1 aromatic carbocycles. The van der Waals surface area contributed by atoms with Gasteiger partial charge in [-0.1, -0.05) is 27.5 Å². The van der Waals surface area contributed by atoms with Crippen LogP contribution in [-0.4, -0.2) is 20.4 Å². The summed E-state index contributed by atoms with van der Waals surface area (Å²) in [5, 5.41) is 0.614. The maximum atomic E-state index is 11.1. The van der Waals surface area contributed by atoms with Crippen LogP contribution in [0.5, 0.6) is 0 Å². The molecule has 1 unspecified atom stereocenters. The minimum Gasteiger partial charge on any atom is -0.271 e. The van der Waals surface area contributed by atoms with E-state index in [4.69, 9.17) is 17.4 Å². The van der Waals surface area contributed by atoms with Crippen molar-refractivity contribution < 1.29 is 8.42 Å². The molecule has 0 aliphatic rings. The number of nitrogens with two attached hydrogens (primary N) is 1. The van der Waals surface area contributed by atoms with E-state index in [-0.39, 0.29) is 11.8 Å². The van der Waals surface area contributed by atoms with E-state index in [1.807, 2.05) is 12.1 Å². The molecule has 0 aliphatic carbocycles. The topological polar surface area (TPSA) is 72.2 Å². The number of hydrogen-bond acceptors (Lipinski definition) is 4. The van der Waals surface area contributed by atoms with Crippen molar-refractivity contribution in [2.45, 2.75) is 18.9 Å². The molecule has 0 aromatic heterocycles. The molecule has 4 nitrogen and oxygen atoms in total. The van der Waals surface area contributed by atoms with E-state index in [1.165, 1.54) is 6.26 Å². The molecule has 0 radical (unpaired) electrons. The lowest BCUT2D eigenvalue weighted by Crippen LogP contribution is -2.28. The van der Waals surface area contributed by atoms with E-state index in [0.29, 0.717) is 17.9 Å². The summed E-state index contributed by atoms with van der Waals surface area (Å²) in [7, 11) is -2.93. The third-order valence-electron chi connectivity index (χ3n) is 2.50. The van der Waals surface area contributed by atoms with Gasteiger partial charge in [-0.3, -0.25) is 11.3 Å². The highest BCUT2D eigenvalue weighted by molar-refractivity contribution is 9.10. The lowest BCUT2D eigenvalue weighted by atomic mass is 10.0. The Morgan fingerprint density at radius 3 is 2.61 bits per heavy atom. The van der Waals surface area contributed by atoms with Crippen LogP contribution in [0.3, 0.4) is 0 Å². The summed E-state index contributed by atoms with van der Waals surface area (Å²) in [4.78, 5) is 0. The van der Waals surface area contributed by atoms with Gasteiger partial charge < -0.3 is 0 Å². The van der Waals surface area contributed by atoms with Gasteiger partial charge in [0.15, 0.2) is 0 Å². The first-order valence-corrected chi connectivity index (χ1v) is 8.65. The summed E-state index contributed by atoms with van der Waals surface area (Å²) in [5.41, 5.74) is 3.62. The van der Waals surface area contributed by atoms with Crippen molar-refractivity contribution in [2.24, 2.45) is 5.84 Å². The highest BCUT2D eigenvalue weighted by Crippen LogP contribution is 2.26. The predicted octanol–water partition coefficient (Wildman–Crippen LogP) is 2.43. The standard InChI is InChI=1S/C11H16BrClN2O2S/c1-18(16,17)4-2-3-11(15-14)8-5-9(12)7-10(13)6-8/h5-7,11,15H,2-4,14H2,1H3. The zero-order valence-electron chi connectivity index (χ0n) is 9.99. The quantitative estimate of drug-likeness (QED) is 0.607. The fourth-order valence-electron chi connectivity index (χ4n) is 1.67. The van der Waals surface area contributed by atoms with Gasteiger partial charge in [0.05, 0.1) is 0 Å². The first-order valence-electron chi connectivity index (χ1n) is 5.41. The number of nitrogens with one attached hydrogen (secondary N) is 1. The van der Waals surface area contributed by atoms with Crippen LogP contribution in [0.25, 0.3) is 0 Å². The maximum absolute atomic E-state index is 11.1. The fourth-order valence-corrected chi connectivity index (χ4v) is 3.25. The fraction of sp³-hybridized carbons (Fsp3) is 0.455. The number of hydrogen-bond donors (Lipinski definition) is 2. The second kappa shape index (κ2) is 6.86. The Morgan fingerprint density at radius 2 is 2.11 bits per heavy atom. The Morgan fingerprint density at radius 1 is 1.44 bits per heavy atom. The number of halogens is 2. The van der Waals surface area contributed by atoms with Crippen molar-refractivity contribution in [3.05, 3.63) is 33.3 Å². The van der Waals surface area contributed by atoms with Gasteiger partial charge >= 0.3 is 0 Å². The molecular weight excluding hydrogens is 340 g/mol. The molecule has 1 atom stereocenters. The molecule has 0 saturated heterocycles. The summed E-state index contributed by atoms with van der Waals surface area (Å²) in [6.07, 6.45) is 2.42. The third-order valence-corrected chi connectivity index (χ3v) is 4.20. The molecule has 0 amide bonds. The van der Waals surface area contributed by atoms with Crippen molar-refractivity contribution in [3.63, 3.8) is 0 Å². The summed E-state index contributed by atoms with van der Waals surface area (Å²) in [6.45, 7) is 0. The van der Waals surface area contributed by atoms with Gasteiger partial charge in [-0.25, -0.2) is 8.42 Å². The Balaban J connectivity index is 2.71. The van der Waals surface area contributed by atoms with Crippen molar-refractivity contribution >= 4 is 37.4 Å². The van der Waals surface area contributed by atoms with Crippen LogP contribution >= 0.6 is 27.5 Å². The van der Waals surface area contributed by atoms with Gasteiger partial charge in [-0.15, -0.1) is 0 Å². The summed E-state index contributed by atoms with van der Waals surface area (Å²) >= 11 is 9.32. The predicted molar refractivity (Wildman–Crippen MR) is 78.2 cm³/mol. The Bertz CT molecular complexity index is 488. The number of hydrazine groups is 1. The Labute approximate surface area is 121 Å². The average Bonchev–Trinajstić information content (AvgIpc) is 2.21. The van der Waals surface area contributed by atoms with Crippen LogP contribution < -0.4 is 11.3 Å². The van der Waals surface area contributed by atoms with E-state index >= 15 is 0 Å². The summed E-state index contributed by atoms with van der Waals surface area (Å²) in [6, 6.07) is 5.41. The third kappa shape index (κ3) is 5.67. The summed E-state index contributed by atoms with van der Waals surface area (Å²) in [5.74, 6) is 5.66. The van der Waals surface area contributed by atoms with Gasteiger partial charge in [0, 0.05) is 27.5 Å². The van der Waals surface area contributed by atoms with Crippen LogP contribution in [0.1, 0.15) is 24.4 Å². The smallest absolute Gasteiger partial charge is 0.147 e. The van der Waals surface area contributed by atoms with Crippen LogP contribution in [0, 0.1) is 0 Å². The number of benzene rings is 1. The minimum atomic E-state index is -2.93. The molecule has 1 rings (SSSR count). The molecule has 7 heteroatoms. The lowest BCUT2D eigenvalue weighted by molar-refractivity contribution is 0.507. The highest BCUT2D eigenvalue weighted by atomic mass is 79.9. The van der Waals surface area contributed by atoms with Crippen molar-refractivity contribution in [1.82, 2.24) is 5.43 Å². The van der Waals surface area contributed by atoms with Crippen molar-refractivity contribution in [3.8, 4) is 0 Å². The van der Waals surface area contributed by atoms with Crippen LogP contribution in [0.2, 0.25) is 5.02 Å². The molecule has 0 aliphatic heterocycles. The molecule has 0 fully saturated rings. The zero-order chi connectivity index (χ0) is 13.8. The summed E-state index contributed by atoms with van der Waals surface area (Å²) < 4.78 is 23.0.